The fourth-order valence-electron chi connectivity index (χ4n) is 2.85. The summed E-state index contributed by atoms with van der Waals surface area (Å²) >= 11 is 0. The Kier molecular flexibility index (Phi) is 4.56. The molecule has 1 amide bonds. The topological polar surface area (TPSA) is 29.1 Å². The lowest BCUT2D eigenvalue weighted by molar-refractivity contribution is 0.0915. The molecule has 1 aliphatic carbocycles. The van der Waals surface area contributed by atoms with Crippen LogP contribution in [0.25, 0.3) is 0 Å². The lowest BCUT2D eigenvalue weighted by atomic mass is 9.84. The molecule has 1 unspecified atom stereocenters. The van der Waals surface area contributed by atoms with Crippen molar-refractivity contribution in [3.05, 3.63) is 35.1 Å². The van der Waals surface area contributed by atoms with E-state index >= 15 is 0 Å². The smallest absolute Gasteiger partial charge is 0.254 e. The highest BCUT2D eigenvalue weighted by Crippen LogP contribution is 2.26. The van der Waals surface area contributed by atoms with Crippen molar-refractivity contribution >= 4 is 5.91 Å². The molecule has 1 aromatic carbocycles. The molecule has 1 aliphatic rings. The van der Waals surface area contributed by atoms with Gasteiger partial charge in [0.15, 0.2) is 0 Å². The molecule has 0 spiro atoms. The molecule has 1 N–H and O–H groups in total. The van der Waals surface area contributed by atoms with E-state index in [1.807, 2.05) is 13.8 Å². The van der Waals surface area contributed by atoms with Crippen molar-refractivity contribution in [3.8, 4) is 0 Å². The van der Waals surface area contributed by atoms with Gasteiger partial charge in [-0.25, -0.2) is 4.39 Å². The van der Waals surface area contributed by atoms with Gasteiger partial charge in [-0.05, 0) is 44.7 Å². The van der Waals surface area contributed by atoms with Crippen molar-refractivity contribution in [2.45, 2.75) is 52.0 Å². The predicted molar refractivity (Wildman–Crippen MR) is 74.6 cm³/mol. The van der Waals surface area contributed by atoms with Crippen molar-refractivity contribution < 1.29 is 9.18 Å². The minimum Gasteiger partial charge on any atom is -0.349 e. The summed E-state index contributed by atoms with van der Waals surface area (Å²) in [5.41, 5.74) is 1.06. The molecule has 1 aromatic rings. The summed E-state index contributed by atoms with van der Waals surface area (Å²) in [6, 6.07) is 4.76. The molecule has 19 heavy (non-hydrogen) atoms. The number of nitrogens with one attached hydrogen (secondary N) is 1. The van der Waals surface area contributed by atoms with Crippen LogP contribution in [-0.2, 0) is 0 Å². The molecule has 0 heterocycles. The van der Waals surface area contributed by atoms with E-state index in [9.17, 15) is 9.18 Å². The number of rotatable bonds is 3. The van der Waals surface area contributed by atoms with Crippen molar-refractivity contribution in [3.63, 3.8) is 0 Å². The molecule has 0 aliphatic heterocycles. The van der Waals surface area contributed by atoms with Gasteiger partial charge in [0.25, 0.3) is 5.91 Å². The van der Waals surface area contributed by atoms with E-state index in [-0.39, 0.29) is 17.5 Å². The summed E-state index contributed by atoms with van der Waals surface area (Å²) in [6.07, 6.45) is 6.10. The number of halogens is 1. The normalized spacial score (nSPS) is 18.1. The van der Waals surface area contributed by atoms with E-state index in [4.69, 9.17) is 0 Å². The highest BCUT2D eigenvalue weighted by atomic mass is 19.1. The van der Waals surface area contributed by atoms with E-state index in [0.717, 1.165) is 18.4 Å². The average Bonchev–Trinajstić information content (AvgIpc) is 2.42. The van der Waals surface area contributed by atoms with Gasteiger partial charge in [0.1, 0.15) is 5.82 Å². The number of hydrogen-bond donors (Lipinski definition) is 1. The highest BCUT2D eigenvalue weighted by molar-refractivity contribution is 5.94. The second-order valence-corrected chi connectivity index (χ2v) is 5.64. The molecule has 104 valence electrons. The number of carbonyl (C=O) groups is 1. The van der Waals surface area contributed by atoms with Crippen LogP contribution in [0, 0.1) is 18.7 Å². The van der Waals surface area contributed by atoms with Crippen LogP contribution in [0.5, 0.6) is 0 Å². The molecule has 2 nitrogen and oxygen atoms in total. The largest absolute Gasteiger partial charge is 0.349 e. The molecular formula is C16H22FNO. The van der Waals surface area contributed by atoms with E-state index in [1.54, 1.807) is 12.1 Å². The molecule has 3 heteroatoms. The molecule has 1 atom stereocenters. The van der Waals surface area contributed by atoms with Crippen LogP contribution in [0.3, 0.4) is 0 Å². The Bertz CT molecular complexity index is 452. The Hall–Kier alpha value is -1.38. The van der Waals surface area contributed by atoms with E-state index < -0.39 is 5.82 Å². The third kappa shape index (κ3) is 3.55. The fourth-order valence-corrected chi connectivity index (χ4v) is 2.85. The number of hydrogen-bond acceptors (Lipinski definition) is 1. The molecule has 0 bridgehead atoms. The second-order valence-electron chi connectivity index (χ2n) is 5.64. The van der Waals surface area contributed by atoms with Crippen LogP contribution < -0.4 is 5.32 Å². The quantitative estimate of drug-likeness (QED) is 0.882. The van der Waals surface area contributed by atoms with Crippen molar-refractivity contribution in [1.82, 2.24) is 5.32 Å². The van der Waals surface area contributed by atoms with Gasteiger partial charge < -0.3 is 5.32 Å². The third-order valence-corrected chi connectivity index (χ3v) is 4.08. The number of amides is 1. The Morgan fingerprint density at radius 1 is 1.32 bits per heavy atom. The number of carbonyl (C=O) groups excluding carboxylic acids is 1. The summed E-state index contributed by atoms with van der Waals surface area (Å²) in [5, 5.41) is 2.96. The predicted octanol–water partition coefficient (Wildman–Crippen LogP) is 3.83. The van der Waals surface area contributed by atoms with Gasteiger partial charge in [-0.3, -0.25) is 4.79 Å². The summed E-state index contributed by atoms with van der Waals surface area (Å²) in [6.45, 7) is 3.89. The van der Waals surface area contributed by atoms with Gasteiger partial charge in [0, 0.05) is 6.04 Å². The fraction of sp³-hybridized carbons (Fsp3) is 0.562. The van der Waals surface area contributed by atoms with Gasteiger partial charge in [0.2, 0.25) is 0 Å². The average molecular weight is 263 g/mol. The van der Waals surface area contributed by atoms with Crippen LogP contribution in [0.2, 0.25) is 0 Å². The van der Waals surface area contributed by atoms with Crippen LogP contribution in [0.4, 0.5) is 4.39 Å². The maximum Gasteiger partial charge on any atom is 0.254 e. The van der Waals surface area contributed by atoms with E-state index in [1.165, 1.54) is 25.3 Å². The molecular weight excluding hydrogens is 241 g/mol. The van der Waals surface area contributed by atoms with Crippen LogP contribution in [-0.4, -0.2) is 11.9 Å². The Morgan fingerprint density at radius 2 is 2.00 bits per heavy atom. The maximum absolute atomic E-state index is 13.7. The Labute approximate surface area is 114 Å². The SMILES string of the molecule is Cc1ccc(F)c(C(=O)NC(C)C2CCCCC2)c1. The molecule has 1 fully saturated rings. The molecule has 2 rings (SSSR count). The summed E-state index contributed by atoms with van der Waals surface area (Å²) in [7, 11) is 0. The zero-order valence-electron chi connectivity index (χ0n) is 11.7. The molecule has 1 saturated carbocycles. The van der Waals surface area contributed by atoms with Crippen LogP contribution >= 0.6 is 0 Å². The summed E-state index contributed by atoms with van der Waals surface area (Å²) in [4.78, 5) is 12.1. The zero-order chi connectivity index (χ0) is 13.8. The molecule has 0 saturated heterocycles. The Morgan fingerprint density at radius 3 is 2.68 bits per heavy atom. The van der Waals surface area contributed by atoms with Gasteiger partial charge in [-0.2, -0.15) is 0 Å². The van der Waals surface area contributed by atoms with Crippen molar-refractivity contribution in [2.75, 3.05) is 0 Å². The van der Waals surface area contributed by atoms with Gasteiger partial charge in [-0.1, -0.05) is 30.9 Å². The van der Waals surface area contributed by atoms with Crippen molar-refractivity contribution in [1.29, 1.82) is 0 Å². The molecule has 0 aromatic heterocycles. The third-order valence-electron chi connectivity index (χ3n) is 4.08. The van der Waals surface area contributed by atoms with Crippen LogP contribution in [0.15, 0.2) is 18.2 Å². The highest BCUT2D eigenvalue weighted by Gasteiger charge is 2.22. The Balaban J connectivity index is 2.01. The zero-order valence-corrected chi connectivity index (χ0v) is 11.7. The van der Waals surface area contributed by atoms with Crippen LogP contribution in [0.1, 0.15) is 54.9 Å². The van der Waals surface area contributed by atoms with E-state index in [0.29, 0.717) is 5.92 Å². The second kappa shape index (κ2) is 6.18. The first kappa shape index (κ1) is 14.0. The first-order valence-electron chi connectivity index (χ1n) is 7.15. The number of aryl methyl sites for hydroxylation is 1. The maximum atomic E-state index is 13.7. The minimum absolute atomic E-state index is 0.118. The standard InChI is InChI=1S/C16H22FNO/c1-11-8-9-15(17)14(10-11)16(19)18-12(2)13-6-4-3-5-7-13/h8-10,12-13H,3-7H2,1-2H3,(H,18,19). The number of benzene rings is 1. The van der Waals surface area contributed by atoms with Crippen molar-refractivity contribution in [2.24, 2.45) is 5.92 Å². The lowest BCUT2D eigenvalue weighted by Crippen LogP contribution is -2.39. The van der Waals surface area contributed by atoms with Gasteiger partial charge >= 0.3 is 0 Å². The summed E-state index contributed by atoms with van der Waals surface area (Å²) in [5.74, 6) is -0.205. The monoisotopic (exact) mass is 263 g/mol. The van der Waals surface area contributed by atoms with Gasteiger partial charge in [-0.15, -0.1) is 0 Å². The van der Waals surface area contributed by atoms with E-state index in [2.05, 4.69) is 5.32 Å². The van der Waals surface area contributed by atoms with Gasteiger partial charge in [0.05, 0.1) is 5.56 Å². The first-order chi connectivity index (χ1) is 9.08. The first-order valence-corrected chi connectivity index (χ1v) is 7.15. The lowest BCUT2D eigenvalue weighted by Gasteiger charge is -2.28. The summed E-state index contributed by atoms with van der Waals surface area (Å²) < 4.78 is 13.7. The minimum atomic E-state index is -0.445. The molecule has 0 radical (unpaired) electrons.